The molecule has 22 heavy (non-hydrogen) atoms. The van der Waals surface area contributed by atoms with Gasteiger partial charge in [-0.3, -0.25) is 0 Å². The Kier molecular flexibility index (Phi) is 3.12. The highest BCUT2D eigenvalue weighted by atomic mass is 32.1. The first-order valence-electron chi connectivity index (χ1n) is 7.41. The molecular formula is C20H17NS. The Balaban J connectivity index is 1.83. The second kappa shape index (κ2) is 5.15. The maximum absolute atomic E-state index is 2.31. The molecule has 0 radical (unpaired) electrons. The lowest BCUT2D eigenvalue weighted by Gasteiger charge is -2.12. The lowest BCUT2D eigenvalue weighted by atomic mass is 10.0. The van der Waals surface area contributed by atoms with Gasteiger partial charge < -0.3 is 4.90 Å². The average Bonchev–Trinajstić information content (AvgIpc) is 2.92. The lowest BCUT2D eigenvalue weighted by molar-refractivity contribution is 1.13. The Hall–Kier alpha value is -2.32. The summed E-state index contributed by atoms with van der Waals surface area (Å²) in [6.45, 7) is 0. The van der Waals surface area contributed by atoms with E-state index in [2.05, 4.69) is 85.7 Å². The van der Waals surface area contributed by atoms with Crippen LogP contribution in [0, 0.1) is 0 Å². The van der Waals surface area contributed by atoms with Gasteiger partial charge in [0.2, 0.25) is 0 Å². The van der Waals surface area contributed by atoms with Gasteiger partial charge in [0.15, 0.2) is 0 Å². The van der Waals surface area contributed by atoms with Gasteiger partial charge in [0.25, 0.3) is 0 Å². The summed E-state index contributed by atoms with van der Waals surface area (Å²) in [5, 5.41) is 2.71. The highest BCUT2D eigenvalue weighted by Gasteiger charge is 2.06. The van der Waals surface area contributed by atoms with Crippen LogP contribution in [0.2, 0.25) is 0 Å². The summed E-state index contributed by atoms with van der Waals surface area (Å²) in [5.41, 5.74) is 3.78. The summed E-state index contributed by atoms with van der Waals surface area (Å²) >= 11 is 1.87. The van der Waals surface area contributed by atoms with Crippen LogP contribution in [0.3, 0.4) is 0 Å². The molecule has 0 aliphatic heterocycles. The maximum atomic E-state index is 2.31. The fourth-order valence-electron chi connectivity index (χ4n) is 2.86. The normalized spacial score (nSPS) is 11.2. The predicted molar refractivity (Wildman–Crippen MR) is 99.1 cm³/mol. The van der Waals surface area contributed by atoms with E-state index in [1.165, 1.54) is 37.0 Å². The third kappa shape index (κ3) is 2.16. The van der Waals surface area contributed by atoms with E-state index in [1.807, 2.05) is 11.3 Å². The zero-order valence-corrected chi connectivity index (χ0v) is 13.5. The minimum atomic E-state index is 1.23. The van der Waals surface area contributed by atoms with Crippen molar-refractivity contribution in [1.82, 2.24) is 0 Å². The monoisotopic (exact) mass is 303 g/mol. The Labute approximate surface area is 134 Å². The maximum Gasteiger partial charge on any atom is 0.0361 e. The number of rotatable bonds is 2. The van der Waals surface area contributed by atoms with Crippen LogP contribution < -0.4 is 4.90 Å². The van der Waals surface area contributed by atoms with E-state index in [0.29, 0.717) is 0 Å². The fraction of sp³-hybridized carbons (Fsp3) is 0.100. The SMILES string of the molecule is CN(C)c1ccc(-c2ccc3c(c2)sc2ccccc23)cc1. The summed E-state index contributed by atoms with van der Waals surface area (Å²) in [5.74, 6) is 0. The number of fused-ring (bicyclic) bond motifs is 3. The van der Waals surface area contributed by atoms with E-state index >= 15 is 0 Å². The molecule has 3 aromatic carbocycles. The Morgan fingerprint density at radius 3 is 2.14 bits per heavy atom. The molecule has 4 rings (SSSR count). The van der Waals surface area contributed by atoms with Crippen molar-refractivity contribution in [2.45, 2.75) is 0 Å². The summed E-state index contributed by atoms with van der Waals surface area (Å²) in [6, 6.07) is 24.2. The molecule has 0 N–H and O–H groups in total. The van der Waals surface area contributed by atoms with Crippen molar-refractivity contribution in [3.05, 3.63) is 66.7 Å². The molecule has 0 amide bonds. The first kappa shape index (κ1) is 13.4. The number of hydrogen-bond donors (Lipinski definition) is 0. The van der Waals surface area contributed by atoms with Gasteiger partial charge in [-0.15, -0.1) is 11.3 Å². The molecule has 0 atom stereocenters. The zero-order valence-electron chi connectivity index (χ0n) is 12.7. The lowest BCUT2D eigenvalue weighted by Crippen LogP contribution is -2.07. The Bertz CT molecular complexity index is 948. The largest absolute Gasteiger partial charge is 0.378 e. The summed E-state index contributed by atoms with van der Waals surface area (Å²) in [7, 11) is 4.14. The van der Waals surface area contributed by atoms with Crippen molar-refractivity contribution in [3.63, 3.8) is 0 Å². The van der Waals surface area contributed by atoms with Crippen molar-refractivity contribution in [2.75, 3.05) is 19.0 Å². The third-order valence-electron chi connectivity index (χ3n) is 4.10. The van der Waals surface area contributed by atoms with Crippen molar-refractivity contribution in [3.8, 4) is 11.1 Å². The first-order valence-corrected chi connectivity index (χ1v) is 8.23. The summed E-state index contributed by atoms with van der Waals surface area (Å²) < 4.78 is 2.72. The molecule has 0 bridgehead atoms. The molecule has 0 spiro atoms. The molecule has 108 valence electrons. The highest BCUT2D eigenvalue weighted by molar-refractivity contribution is 7.25. The summed E-state index contributed by atoms with van der Waals surface area (Å²) in [4.78, 5) is 2.12. The summed E-state index contributed by atoms with van der Waals surface area (Å²) in [6.07, 6.45) is 0. The van der Waals surface area contributed by atoms with Gasteiger partial charge in [0.05, 0.1) is 0 Å². The van der Waals surface area contributed by atoms with Gasteiger partial charge in [-0.25, -0.2) is 0 Å². The highest BCUT2D eigenvalue weighted by Crippen LogP contribution is 2.36. The van der Waals surface area contributed by atoms with Gasteiger partial charge in [0, 0.05) is 40.0 Å². The van der Waals surface area contributed by atoms with Crippen LogP contribution in [-0.4, -0.2) is 14.1 Å². The second-order valence-electron chi connectivity index (χ2n) is 5.75. The van der Waals surface area contributed by atoms with Crippen LogP contribution in [0.5, 0.6) is 0 Å². The van der Waals surface area contributed by atoms with E-state index in [9.17, 15) is 0 Å². The first-order chi connectivity index (χ1) is 10.7. The van der Waals surface area contributed by atoms with Gasteiger partial charge in [-0.2, -0.15) is 0 Å². The molecule has 1 nitrogen and oxygen atoms in total. The molecule has 0 unspecified atom stereocenters. The van der Waals surface area contributed by atoms with Crippen LogP contribution >= 0.6 is 11.3 Å². The van der Waals surface area contributed by atoms with Crippen molar-refractivity contribution in [1.29, 1.82) is 0 Å². The van der Waals surface area contributed by atoms with Gasteiger partial charge in [0.1, 0.15) is 0 Å². The standard InChI is InChI=1S/C20H17NS/c1-21(2)16-10-7-14(8-11-16)15-9-12-18-17-5-3-4-6-19(17)22-20(18)13-15/h3-13H,1-2H3. The van der Waals surface area contributed by atoms with E-state index in [1.54, 1.807) is 0 Å². The van der Waals surface area contributed by atoms with Crippen LogP contribution in [0.15, 0.2) is 66.7 Å². The van der Waals surface area contributed by atoms with Gasteiger partial charge in [-0.1, -0.05) is 42.5 Å². The van der Waals surface area contributed by atoms with Crippen LogP contribution in [0.4, 0.5) is 5.69 Å². The fourth-order valence-corrected chi connectivity index (χ4v) is 4.00. The number of hydrogen-bond acceptors (Lipinski definition) is 2. The van der Waals surface area contributed by atoms with E-state index in [4.69, 9.17) is 0 Å². The molecule has 1 heterocycles. The van der Waals surface area contributed by atoms with Crippen molar-refractivity contribution < 1.29 is 0 Å². The van der Waals surface area contributed by atoms with Gasteiger partial charge >= 0.3 is 0 Å². The van der Waals surface area contributed by atoms with Crippen LogP contribution in [-0.2, 0) is 0 Å². The predicted octanol–water partition coefficient (Wildman–Crippen LogP) is 5.79. The Morgan fingerprint density at radius 1 is 0.682 bits per heavy atom. The minimum Gasteiger partial charge on any atom is -0.378 e. The van der Waals surface area contributed by atoms with Gasteiger partial charge in [-0.05, 0) is 35.4 Å². The molecule has 1 aromatic heterocycles. The van der Waals surface area contributed by atoms with Crippen molar-refractivity contribution in [2.24, 2.45) is 0 Å². The van der Waals surface area contributed by atoms with E-state index in [0.717, 1.165) is 0 Å². The topological polar surface area (TPSA) is 3.24 Å². The number of thiophene rings is 1. The van der Waals surface area contributed by atoms with Crippen LogP contribution in [0.1, 0.15) is 0 Å². The number of benzene rings is 3. The van der Waals surface area contributed by atoms with E-state index < -0.39 is 0 Å². The van der Waals surface area contributed by atoms with Crippen molar-refractivity contribution >= 4 is 37.2 Å². The third-order valence-corrected chi connectivity index (χ3v) is 5.23. The number of anilines is 1. The quantitative estimate of drug-likeness (QED) is 0.453. The molecule has 0 saturated heterocycles. The Morgan fingerprint density at radius 2 is 1.36 bits per heavy atom. The molecule has 4 aromatic rings. The average molecular weight is 303 g/mol. The molecule has 0 saturated carbocycles. The smallest absolute Gasteiger partial charge is 0.0361 e. The molecule has 0 fully saturated rings. The molecule has 2 heteroatoms. The van der Waals surface area contributed by atoms with E-state index in [-0.39, 0.29) is 0 Å². The number of nitrogens with zero attached hydrogens (tertiary/aromatic N) is 1. The van der Waals surface area contributed by atoms with Crippen LogP contribution in [0.25, 0.3) is 31.3 Å². The minimum absolute atomic E-state index is 1.23. The molecule has 0 aliphatic rings. The zero-order chi connectivity index (χ0) is 15.1. The molecule has 0 aliphatic carbocycles. The molecular weight excluding hydrogens is 286 g/mol. The second-order valence-corrected chi connectivity index (χ2v) is 6.83.